The number of nitrogens with one attached hydrogen (secondary N) is 2. The van der Waals surface area contributed by atoms with Crippen LogP contribution >= 0.6 is 11.6 Å². The first-order valence-corrected chi connectivity index (χ1v) is 10.6. The van der Waals surface area contributed by atoms with Gasteiger partial charge < -0.3 is 10.2 Å². The van der Waals surface area contributed by atoms with Crippen molar-refractivity contribution in [2.24, 2.45) is 0 Å². The average Bonchev–Trinajstić information content (AvgIpc) is 2.69. The highest BCUT2D eigenvalue weighted by atomic mass is 35.5. The Hall–Kier alpha value is -2.44. The van der Waals surface area contributed by atoms with E-state index in [1.54, 1.807) is 42.5 Å². The minimum Gasteiger partial charge on any atom is -0.325 e. The molecule has 2 N–H and O–H groups in total. The summed E-state index contributed by atoms with van der Waals surface area (Å²) >= 11 is 6.04. The molecule has 7 nitrogen and oxygen atoms in total. The van der Waals surface area contributed by atoms with E-state index < -0.39 is 10.0 Å². The summed E-state index contributed by atoms with van der Waals surface area (Å²) in [6.45, 7) is 1.97. The zero-order valence-electron chi connectivity index (χ0n) is 15.1. The first-order chi connectivity index (χ1) is 13.4. The Kier molecular flexibility index (Phi) is 6.31. The van der Waals surface area contributed by atoms with Crippen LogP contribution in [-0.2, 0) is 14.8 Å². The largest absolute Gasteiger partial charge is 0.325 e. The number of amides is 1. The topological polar surface area (TPSA) is 94.7 Å². The third-order valence-electron chi connectivity index (χ3n) is 4.59. The van der Waals surface area contributed by atoms with Gasteiger partial charge in [-0.15, -0.1) is 0 Å². The van der Waals surface area contributed by atoms with Gasteiger partial charge in [0, 0.05) is 5.69 Å². The van der Waals surface area contributed by atoms with Gasteiger partial charge in [0.25, 0.3) is 5.91 Å². The van der Waals surface area contributed by atoms with Crippen LogP contribution in [0.15, 0.2) is 53.4 Å². The predicted octanol–water partition coefficient (Wildman–Crippen LogP) is 0.740. The lowest BCUT2D eigenvalue weighted by atomic mass is 10.2. The average molecular weight is 420 g/mol. The monoisotopic (exact) mass is 419 g/mol. The van der Waals surface area contributed by atoms with E-state index in [2.05, 4.69) is 5.32 Å². The molecule has 0 bridgehead atoms. The van der Waals surface area contributed by atoms with Gasteiger partial charge >= 0.3 is 0 Å². The summed E-state index contributed by atoms with van der Waals surface area (Å²) in [5, 5.41) is 11.8. The van der Waals surface area contributed by atoms with Crippen LogP contribution in [-0.4, -0.2) is 51.4 Å². The molecule has 1 fully saturated rings. The quantitative estimate of drug-likeness (QED) is 0.747. The van der Waals surface area contributed by atoms with Crippen LogP contribution < -0.4 is 10.2 Å². The van der Waals surface area contributed by atoms with E-state index in [0.717, 1.165) is 4.90 Å². The van der Waals surface area contributed by atoms with Gasteiger partial charge in [-0.05, 0) is 36.4 Å². The molecule has 1 amide bonds. The van der Waals surface area contributed by atoms with Crippen LogP contribution in [0, 0.1) is 11.3 Å². The fourth-order valence-corrected chi connectivity index (χ4v) is 5.01. The highest BCUT2D eigenvalue weighted by molar-refractivity contribution is 7.89. The van der Waals surface area contributed by atoms with Crippen molar-refractivity contribution in [2.75, 3.05) is 38.0 Å². The first kappa shape index (κ1) is 20.3. The van der Waals surface area contributed by atoms with Crippen LogP contribution in [0.4, 0.5) is 5.69 Å². The number of benzene rings is 2. The van der Waals surface area contributed by atoms with E-state index in [0.29, 0.717) is 37.4 Å². The number of rotatable bonds is 5. The standard InChI is InChI=1S/C19H19ClN4O3S/c20-17-3-1-2-4-18(17)28(26,27)24-11-9-23(10-12-24)14-19(25)22-16-7-5-15(13-21)6-8-16/h1-8H,9-12,14H2,(H,22,25)/p+1. The van der Waals surface area contributed by atoms with Crippen LogP contribution in [0.25, 0.3) is 0 Å². The highest BCUT2D eigenvalue weighted by Crippen LogP contribution is 2.24. The zero-order valence-corrected chi connectivity index (χ0v) is 16.6. The van der Waals surface area contributed by atoms with Crippen LogP contribution in [0.2, 0.25) is 5.02 Å². The molecule has 1 heterocycles. The van der Waals surface area contributed by atoms with E-state index >= 15 is 0 Å². The van der Waals surface area contributed by atoms with Crippen LogP contribution in [0.5, 0.6) is 0 Å². The van der Waals surface area contributed by atoms with Crippen LogP contribution in [0.1, 0.15) is 5.56 Å². The lowest BCUT2D eigenvalue weighted by Gasteiger charge is -2.31. The van der Waals surface area contributed by atoms with Crippen molar-refractivity contribution in [3.05, 3.63) is 59.1 Å². The maximum atomic E-state index is 12.8. The number of sulfonamides is 1. The molecule has 0 spiro atoms. The summed E-state index contributed by atoms with van der Waals surface area (Å²) < 4.78 is 26.9. The fraction of sp³-hybridized carbons (Fsp3) is 0.263. The third kappa shape index (κ3) is 4.69. The summed E-state index contributed by atoms with van der Waals surface area (Å²) in [5.74, 6) is -0.151. The van der Waals surface area contributed by atoms with Crippen molar-refractivity contribution >= 4 is 33.2 Å². The number of quaternary nitrogens is 1. The predicted molar refractivity (Wildman–Crippen MR) is 106 cm³/mol. The van der Waals surface area contributed by atoms with Gasteiger partial charge in [-0.25, -0.2) is 8.42 Å². The van der Waals surface area contributed by atoms with Crippen molar-refractivity contribution in [3.8, 4) is 6.07 Å². The number of carbonyl (C=O) groups excluding carboxylic acids is 1. The minimum atomic E-state index is -3.64. The Morgan fingerprint density at radius 1 is 1.14 bits per heavy atom. The smallest absolute Gasteiger partial charge is 0.279 e. The Morgan fingerprint density at radius 3 is 2.39 bits per heavy atom. The molecule has 0 aromatic heterocycles. The summed E-state index contributed by atoms with van der Waals surface area (Å²) in [4.78, 5) is 13.4. The molecule has 0 radical (unpaired) electrons. The van der Waals surface area contributed by atoms with Gasteiger partial charge in [-0.3, -0.25) is 4.79 Å². The van der Waals surface area contributed by atoms with Crippen molar-refractivity contribution < 1.29 is 18.1 Å². The molecular formula is C19H20ClN4O3S+. The molecule has 0 unspecified atom stereocenters. The SMILES string of the molecule is N#Cc1ccc(NC(=O)C[NH+]2CCN(S(=O)(=O)c3ccccc3Cl)CC2)cc1. The highest BCUT2D eigenvalue weighted by Gasteiger charge is 2.32. The maximum Gasteiger partial charge on any atom is 0.279 e. The molecule has 1 aliphatic heterocycles. The summed E-state index contributed by atoms with van der Waals surface area (Å²) in [7, 11) is -3.64. The number of nitriles is 1. The number of anilines is 1. The van der Waals surface area contributed by atoms with Crippen molar-refractivity contribution in [3.63, 3.8) is 0 Å². The van der Waals surface area contributed by atoms with E-state index in [1.807, 2.05) is 6.07 Å². The first-order valence-electron chi connectivity index (χ1n) is 8.78. The molecule has 9 heteroatoms. The van der Waals surface area contributed by atoms with Crippen LogP contribution in [0.3, 0.4) is 0 Å². The van der Waals surface area contributed by atoms with Gasteiger partial charge in [0.2, 0.25) is 10.0 Å². The molecule has 28 heavy (non-hydrogen) atoms. The van der Waals surface area contributed by atoms with Gasteiger partial charge in [0.05, 0.1) is 42.8 Å². The zero-order chi connectivity index (χ0) is 20.1. The number of hydrogen-bond donors (Lipinski definition) is 2. The summed E-state index contributed by atoms with van der Waals surface area (Å²) in [6, 6.07) is 15.1. The van der Waals surface area contributed by atoms with E-state index in [4.69, 9.17) is 16.9 Å². The number of piperazine rings is 1. The fourth-order valence-electron chi connectivity index (χ4n) is 3.07. The normalized spacial score (nSPS) is 15.7. The van der Waals surface area contributed by atoms with E-state index in [9.17, 15) is 13.2 Å². The second-order valence-electron chi connectivity index (χ2n) is 6.50. The molecule has 0 saturated carbocycles. The lowest BCUT2D eigenvalue weighted by Crippen LogP contribution is -3.15. The van der Waals surface area contributed by atoms with Gasteiger partial charge in [-0.1, -0.05) is 23.7 Å². The lowest BCUT2D eigenvalue weighted by molar-refractivity contribution is -0.895. The van der Waals surface area contributed by atoms with Gasteiger partial charge in [-0.2, -0.15) is 9.57 Å². The van der Waals surface area contributed by atoms with E-state index in [1.165, 1.54) is 10.4 Å². The van der Waals surface area contributed by atoms with Crippen molar-refractivity contribution in [2.45, 2.75) is 4.90 Å². The molecule has 146 valence electrons. The van der Waals surface area contributed by atoms with Crippen molar-refractivity contribution in [1.82, 2.24) is 4.31 Å². The molecular weight excluding hydrogens is 400 g/mol. The third-order valence-corrected chi connectivity index (χ3v) is 6.99. The number of halogens is 1. The molecule has 1 saturated heterocycles. The maximum absolute atomic E-state index is 12.8. The molecule has 0 atom stereocenters. The Labute approximate surface area is 169 Å². The summed E-state index contributed by atoms with van der Waals surface area (Å²) in [5.41, 5.74) is 1.16. The Balaban J connectivity index is 1.54. The molecule has 0 aliphatic carbocycles. The minimum absolute atomic E-state index is 0.110. The molecule has 2 aromatic carbocycles. The number of hydrogen-bond acceptors (Lipinski definition) is 4. The Bertz CT molecular complexity index is 995. The van der Waals surface area contributed by atoms with Gasteiger partial charge in [0.1, 0.15) is 4.90 Å². The number of nitrogens with zero attached hydrogens (tertiary/aromatic N) is 2. The Morgan fingerprint density at radius 2 is 1.79 bits per heavy atom. The van der Waals surface area contributed by atoms with Gasteiger partial charge in [0.15, 0.2) is 6.54 Å². The molecule has 2 aromatic rings. The molecule has 1 aliphatic rings. The molecule has 3 rings (SSSR count). The second kappa shape index (κ2) is 8.71. The second-order valence-corrected chi connectivity index (χ2v) is 8.81. The van der Waals surface area contributed by atoms with Crippen molar-refractivity contribution in [1.29, 1.82) is 5.26 Å². The summed E-state index contributed by atoms with van der Waals surface area (Å²) in [6.07, 6.45) is 0. The number of carbonyl (C=O) groups is 1. The van der Waals surface area contributed by atoms with E-state index in [-0.39, 0.29) is 22.4 Å².